The average Bonchev–Trinajstić information content (AvgIpc) is 3.24. The van der Waals surface area contributed by atoms with Crippen molar-refractivity contribution < 1.29 is 18.4 Å². The number of nitro benzene ring substituents is 1. The maximum Gasteiger partial charge on any atom is 0.270 e. The summed E-state index contributed by atoms with van der Waals surface area (Å²) in [4.78, 5) is 14.6. The number of phenolic OH excluding ortho intramolecular Hbond substituents is 1. The lowest BCUT2D eigenvalue weighted by atomic mass is 10.1. The minimum absolute atomic E-state index is 0.0357. The quantitative estimate of drug-likeness (QED) is 0.224. The normalized spacial score (nSPS) is 11.5. The second kappa shape index (κ2) is 7.89. The van der Waals surface area contributed by atoms with Crippen LogP contribution in [0.2, 0.25) is 0 Å². The summed E-state index contributed by atoms with van der Waals surface area (Å²) in [5, 5.41) is 29.5. The minimum Gasteiger partial charge on any atom is -0.506 e. The molecule has 3 N–H and O–H groups in total. The predicted molar refractivity (Wildman–Crippen MR) is 115 cm³/mol. The molecule has 0 spiro atoms. The first-order valence-corrected chi connectivity index (χ1v) is 11.1. The number of fused-ring (bicyclic) bond motifs is 1. The van der Waals surface area contributed by atoms with Gasteiger partial charge >= 0.3 is 0 Å². The highest BCUT2D eigenvalue weighted by atomic mass is 32.2. The van der Waals surface area contributed by atoms with Crippen molar-refractivity contribution in [3.05, 3.63) is 70.5 Å². The van der Waals surface area contributed by atoms with Gasteiger partial charge < -0.3 is 5.11 Å². The molecule has 0 amide bonds. The Morgan fingerprint density at radius 3 is 2.58 bits per heavy atom. The molecule has 3 aromatic carbocycles. The number of aromatic amines is 1. The van der Waals surface area contributed by atoms with Crippen molar-refractivity contribution in [2.75, 3.05) is 4.72 Å². The van der Waals surface area contributed by atoms with Gasteiger partial charge in [0, 0.05) is 22.9 Å². The van der Waals surface area contributed by atoms with E-state index in [9.17, 15) is 23.6 Å². The summed E-state index contributed by atoms with van der Waals surface area (Å²) in [6, 6.07) is 11.9. The minimum atomic E-state index is -4.16. The number of hydrogen-bond donors (Lipinski definition) is 3. The molecule has 10 nitrogen and oxygen atoms in total. The van der Waals surface area contributed by atoms with Crippen LogP contribution >= 0.6 is 11.8 Å². The van der Waals surface area contributed by atoms with Crippen LogP contribution in [0.1, 0.15) is 5.56 Å². The van der Waals surface area contributed by atoms with E-state index < -0.39 is 14.9 Å². The van der Waals surface area contributed by atoms with Crippen LogP contribution in [0.5, 0.6) is 5.75 Å². The SMILES string of the molecule is Cc1ccc([N+](=O)[O-])cc1S(=O)(=O)Nc1cc(Sc2ncn[nH]2)c(O)c2ccccc12. The van der Waals surface area contributed by atoms with E-state index in [1.807, 2.05) is 0 Å². The number of nitro groups is 1. The van der Waals surface area contributed by atoms with Gasteiger partial charge in [0.25, 0.3) is 15.7 Å². The summed E-state index contributed by atoms with van der Waals surface area (Å²) in [6.07, 6.45) is 1.31. The van der Waals surface area contributed by atoms with Crippen LogP contribution in [0.25, 0.3) is 10.8 Å². The zero-order chi connectivity index (χ0) is 22.2. The lowest BCUT2D eigenvalue weighted by Crippen LogP contribution is -2.15. The number of non-ortho nitro benzene ring substituents is 1. The Kier molecular flexibility index (Phi) is 5.25. The smallest absolute Gasteiger partial charge is 0.270 e. The molecule has 0 unspecified atom stereocenters. The summed E-state index contributed by atoms with van der Waals surface area (Å²) in [5.74, 6) is -0.0357. The third kappa shape index (κ3) is 4.02. The first-order valence-electron chi connectivity index (χ1n) is 8.82. The average molecular weight is 457 g/mol. The first-order chi connectivity index (χ1) is 14.8. The van der Waals surface area contributed by atoms with Crippen LogP contribution in [0.15, 0.2) is 69.8 Å². The molecule has 1 aromatic heterocycles. The van der Waals surface area contributed by atoms with Crippen molar-refractivity contribution in [1.29, 1.82) is 0 Å². The molecule has 0 saturated heterocycles. The van der Waals surface area contributed by atoms with E-state index in [0.717, 1.165) is 17.8 Å². The topological polar surface area (TPSA) is 151 Å². The zero-order valence-electron chi connectivity index (χ0n) is 15.9. The van der Waals surface area contributed by atoms with E-state index in [0.29, 0.717) is 26.4 Å². The van der Waals surface area contributed by atoms with Gasteiger partial charge in [0.15, 0.2) is 5.16 Å². The highest BCUT2D eigenvalue weighted by Gasteiger charge is 2.23. The van der Waals surface area contributed by atoms with Crippen LogP contribution in [0.3, 0.4) is 0 Å². The molecular formula is C19H15N5O5S2. The fourth-order valence-electron chi connectivity index (χ4n) is 3.04. The van der Waals surface area contributed by atoms with E-state index in [-0.39, 0.29) is 22.0 Å². The molecule has 158 valence electrons. The number of rotatable bonds is 6. The molecule has 31 heavy (non-hydrogen) atoms. The summed E-state index contributed by atoms with van der Waals surface area (Å²) >= 11 is 1.08. The monoisotopic (exact) mass is 457 g/mol. The Labute approximate surface area is 180 Å². The van der Waals surface area contributed by atoms with Gasteiger partial charge in [-0.2, -0.15) is 5.10 Å². The number of aromatic nitrogens is 3. The highest BCUT2D eigenvalue weighted by Crippen LogP contribution is 2.42. The van der Waals surface area contributed by atoms with E-state index in [2.05, 4.69) is 19.9 Å². The van der Waals surface area contributed by atoms with Gasteiger partial charge in [-0.3, -0.25) is 19.9 Å². The summed E-state index contributed by atoms with van der Waals surface area (Å²) in [7, 11) is -4.16. The number of hydrogen-bond acceptors (Lipinski definition) is 8. The third-order valence-corrected chi connectivity index (χ3v) is 6.93. The number of H-pyrrole nitrogens is 1. The molecule has 0 radical (unpaired) electrons. The number of anilines is 1. The highest BCUT2D eigenvalue weighted by molar-refractivity contribution is 7.99. The van der Waals surface area contributed by atoms with Crippen molar-refractivity contribution in [3.8, 4) is 5.75 Å². The molecule has 0 aliphatic heterocycles. The molecule has 0 aliphatic rings. The van der Waals surface area contributed by atoms with Crippen molar-refractivity contribution >= 4 is 43.9 Å². The third-order valence-electron chi connectivity index (χ3n) is 4.50. The van der Waals surface area contributed by atoms with E-state index in [1.54, 1.807) is 31.2 Å². The Bertz CT molecular complexity index is 1400. The fraction of sp³-hybridized carbons (Fsp3) is 0.0526. The molecular weight excluding hydrogens is 442 g/mol. The number of benzene rings is 3. The van der Waals surface area contributed by atoms with Crippen molar-refractivity contribution in [1.82, 2.24) is 15.2 Å². The molecule has 0 aliphatic carbocycles. The number of sulfonamides is 1. The second-order valence-corrected chi connectivity index (χ2v) is 9.20. The number of nitrogens with one attached hydrogen (secondary N) is 2. The van der Waals surface area contributed by atoms with Crippen LogP contribution in [0.4, 0.5) is 11.4 Å². The van der Waals surface area contributed by atoms with Gasteiger partial charge in [0.1, 0.15) is 12.1 Å². The van der Waals surface area contributed by atoms with Gasteiger partial charge in [-0.15, -0.1) is 0 Å². The Morgan fingerprint density at radius 2 is 1.90 bits per heavy atom. The lowest BCUT2D eigenvalue weighted by molar-refractivity contribution is -0.385. The number of phenols is 1. The maximum atomic E-state index is 13.1. The fourth-order valence-corrected chi connectivity index (χ4v) is 5.16. The zero-order valence-corrected chi connectivity index (χ0v) is 17.6. The van der Waals surface area contributed by atoms with E-state index in [4.69, 9.17) is 0 Å². The molecule has 0 saturated carbocycles. The number of nitrogens with zero attached hydrogens (tertiary/aromatic N) is 3. The standard InChI is InChI=1S/C19H15N5O5S2/c1-11-6-7-12(24(26)27)8-17(11)31(28,29)23-15-9-16(30-19-20-10-21-22-19)18(25)14-5-3-2-4-13(14)15/h2-10,23,25H,1H3,(H,20,21,22). The van der Waals surface area contributed by atoms with Gasteiger partial charge in [-0.05, 0) is 30.3 Å². The lowest BCUT2D eigenvalue weighted by Gasteiger charge is -2.15. The number of aryl methyl sites for hydroxylation is 1. The van der Waals surface area contributed by atoms with Crippen molar-refractivity contribution in [3.63, 3.8) is 0 Å². The van der Waals surface area contributed by atoms with Crippen LogP contribution < -0.4 is 4.72 Å². The molecule has 4 aromatic rings. The molecule has 0 bridgehead atoms. The molecule has 0 atom stereocenters. The van der Waals surface area contributed by atoms with Crippen LogP contribution in [0, 0.1) is 17.0 Å². The predicted octanol–water partition coefficient (Wildman–Crippen LogP) is 3.83. The van der Waals surface area contributed by atoms with Gasteiger partial charge in [-0.1, -0.05) is 30.3 Å². The van der Waals surface area contributed by atoms with Crippen LogP contribution in [-0.2, 0) is 10.0 Å². The maximum absolute atomic E-state index is 13.1. The van der Waals surface area contributed by atoms with Crippen LogP contribution in [-0.4, -0.2) is 33.6 Å². The first kappa shape index (κ1) is 20.6. The van der Waals surface area contributed by atoms with Crippen molar-refractivity contribution in [2.24, 2.45) is 0 Å². The molecule has 12 heteroatoms. The van der Waals surface area contributed by atoms with Crippen molar-refractivity contribution in [2.45, 2.75) is 21.9 Å². The Hall–Kier alpha value is -3.64. The molecule has 1 heterocycles. The Morgan fingerprint density at radius 1 is 1.16 bits per heavy atom. The summed E-state index contributed by atoms with van der Waals surface area (Å²) in [6.45, 7) is 1.55. The second-order valence-electron chi connectivity index (χ2n) is 6.52. The van der Waals surface area contributed by atoms with E-state index >= 15 is 0 Å². The molecule has 4 rings (SSSR count). The largest absolute Gasteiger partial charge is 0.506 e. The molecule has 0 fully saturated rings. The summed E-state index contributed by atoms with van der Waals surface area (Å²) < 4.78 is 28.8. The number of aromatic hydroxyl groups is 1. The van der Waals surface area contributed by atoms with Gasteiger partial charge in [0.2, 0.25) is 0 Å². The van der Waals surface area contributed by atoms with Gasteiger partial charge in [-0.25, -0.2) is 13.4 Å². The summed E-state index contributed by atoms with van der Waals surface area (Å²) in [5.41, 5.74) is 0.238. The van der Waals surface area contributed by atoms with E-state index in [1.165, 1.54) is 24.5 Å². The Balaban J connectivity index is 1.83. The van der Waals surface area contributed by atoms with Gasteiger partial charge in [0.05, 0.1) is 20.4 Å².